The highest BCUT2D eigenvalue weighted by Gasteiger charge is 2.44. The zero-order chi connectivity index (χ0) is 11.6. The summed E-state index contributed by atoms with van der Waals surface area (Å²) in [4.78, 5) is 4.00. The smallest absolute Gasteiger partial charge is 0.248 e. The molecule has 2 rings (SSSR count). The second-order valence-electron chi connectivity index (χ2n) is 4.02. The fourth-order valence-electron chi connectivity index (χ4n) is 1.81. The van der Waals surface area contributed by atoms with Crippen LogP contribution in [0.5, 0.6) is 0 Å². The Hall–Kier alpha value is -1.70. The van der Waals surface area contributed by atoms with Crippen LogP contribution in [0.25, 0.3) is 0 Å². The van der Waals surface area contributed by atoms with Crippen molar-refractivity contribution in [3.8, 4) is 6.07 Å². The van der Waals surface area contributed by atoms with Crippen LogP contribution < -0.4 is 5.32 Å². The summed E-state index contributed by atoms with van der Waals surface area (Å²) in [5.74, 6) is -2.04. The van der Waals surface area contributed by atoms with Gasteiger partial charge in [-0.1, -0.05) is 0 Å². The fourth-order valence-corrected chi connectivity index (χ4v) is 1.81. The molecular weight excluding hydrogens is 212 g/mol. The Morgan fingerprint density at radius 2 is 2.31 bits per heavy atom. The molecule has 1 heterocycles. The third-order valence-corrected chi connectivity index (χ3v) is 2.66. The first kappa shape index (κ1) is 10.8. The van der Waals surface area contributed by atoms with Crippen molar-refractivity contribution in [1.29, 1.82) is 5.26 Å². The van der Waals surface area contributed by atoms with Crippen molar-refractivity contribution in [2.24, 2.45) is 5.92 Å². The molecule has 84 valence electrons. The fraction of sp³-hybridized carbons (Fsp3) is 0.455. The van der Waals surface area contributed by atoms with Crippen molar-refractivity contribution in [3.63, 3.8) is 0 Å². The molecule has 3 nitrogen and oxygen atoms in total. The van der Waals surface area contributed by atoms with Gasteiger partial charge in [-0.05, 0) is 18.1 Å². The number of hydrogen-bond donors (Lipinski definition) is 1. The molecule has 0 bridgehead atoms. The maximum absolute atomic E-state index is 12.6. The third-order valence-electron chi connectivity index (χ3n) is 2.66. The summed E-state index contributed by atoms with van der Waals surface area (Å²) in [6.45, 7) is 0.446. The molecule has 0 spiro atoms. The van der Waals surface area contributed by atoms with E-state index in [1.165, 1.54) is 0 Å². The lowest BCUT2D eigenvalue weighted by Gasteiger charge is -2.35. The number of nitriles is 1. The van der Waals surface area contributed by atoms with Gasteiger partial charge in [-0.15, -0.1) is 0 Å². The average molecular weight is 223 g/mol. The molecule has 0 atom stereocenters. The summed E-state index contributed by atoms with van der Waals surface area (Å²) in [5.41, 5.74) is 0.439. The van der Waals surface area contributed by atoms with E-state index in [2.05, 4.69) is 10.3 Å². The Labute approximate surface area is 92.1 Å². The minimum Gasteiger partial charge on any atom is -0.369 e. The van der Waals surface area contributed by atoms with Crippen molar-refractivity contribution < 1.29 is 8.78 Å². The van der Waals surface area contributed by atoms with Crippen LogP contribution >= 0.6 is 0 Å². The van der Waals surface area contributed by atoms with Gasteiger partial charge < -0.3 is 5.32 Å². The van der Waals surface area contributed by atoms with Crippen molar-refractivity contribution >= 4 is 5.82 Å². The summed E-state index contributed by atoms with van der Waals surface area (Å²) >= 11 is 0. The molecule has 5 heteroatoms. The van der Waals surface area contributed by atoms with Gasteiger partial charge in [0.15, 0.2) is 0 Å². The van der Waals surface area contributed by atoms with Crippen LogP contribution in [0, 0.1) is 17.2 Å². The van der Waals surface area contributed by atoms with E-state index in [9.17, 15) is 8.78 Å². The van der Waals surface area contributed by atoms with E-state index < -0.39 is 5.92 Å². The molecule has 0 aliphatic heterocycles. The van der Waals surface area contributed by atoms with Crippen LogP contribution in [0.1, 0.15) is 18.4 Å². The molecule has 1 aromatic heterocycles. The topological polar surface area (TPSA) is 48.7 Å². The van der Waals surface area contributed by atoms with Crippen molar-refractivity contribution in [2.45, 2.75) is 18.8 Å². The van der Waals surface area contributed by atoms with E-state index in [0.717, 1.165) is 0 Å². The summed E-state index contributed by atoms with van der Waals surface area (Å²) in [6.07, 6.45) is 1.42. The van der Waals surface area contributed by atoms with E-state index in [1.54, 1.807) is 18.3 Å². The van der Waals surface area contributed by atoms with Gasteiger partial charge in [-0.3, -0.25) is 0 Å². The van der Waals surface area contributed by atoms with Gasteiger partial charge in [0.2, 0.25) is 5.92 Å². The molecule has 16 heavy (non-hydrogen) atoms. The zero-order valence-corrected chi connectivity index (χ0v) is 8.58. The zero-order valence-electron chi connectivity index (χ0n) is 8.58. The molecule has 0 aromatic carbocycles. The molecule has 0 radical (unpaired) electrons. The highest BCUT2D eigenvalue weighted by Crippen LogP contribution is 2.42. The SMILES string of the molecule is N#Cc1cccnc1NCC1CC(F)(F)C1. The normalized spacial score (nSPS) is 18.6. The van der Waals surface area contributed by atoms with Crippen LogP contribution in [0.2, 0.25) is 0 Å². The largest absolute Gasteiger partial charge is 0.369 e. The Morgan fingerprint density at radius 1 is 1.56 bits per heavy atom. The Bertz CT molecular complexity index is 417. The number of rotatable bonds is 3. The molecule has 1 N–H and O–H groups in total. The van der Waals surface area contributed by atoms with Crippen molar-refractivity contribution in [3.05, 3.63) is 23.9 Å². The molecule has 1 aromatic rings. The van der Waals surface area contributed by atoms with Gasteiger partial charge >= 0.3 is 0 Å². The van der Waals surface area contributed by atoms with E-state index in [-0.39, 0.29) is 18.8 Å². The lowest BCUT2D eigenvalue weighted by molar-refractivity contribution is -0.106. The van der Waals surface area contributed by atoms with Crippen molar-refractivity contribution in [1.82, 2.24) is 4.98 Å². The van der Waals surface area contributed by atoms with Gasteiger partial charge in [0.1, 0.15) is 11.9 Å². The Morgan fingerprint density at radius 3 is 2.94 bits per heavy atom. The number of hydrogen-bond acceptors (Lipinski definition) is 3. The molecule has 1 aliphatic rings. The molecule has 1 saturated carbocycles. The van der Waals surface area contributed by atoms with Crippen LogP contribution in [-0.2, 0) is 0 Å². The average Bonchev–Trinajstić information content (AvgIpc) is 2.23. The maximum atomic E-state index is 12.6. The minimum absolute atomic E-state index is 0.0245. The predicted molar refractivity (Wildman–Crippen MR) is 55.1 cm³/mol. The number of nitrogens with zero attached hydrogens (tertiary/aromatic N) is 2. The number of anilines is 1. The maximum Gasteiger partial charge on any atom is 0.248 e. The number of pyridine rings is 1. The Balaban J connectivity index is 1.89. The summed E-state index contributed by atoms with van der Waals surface area (Å²) in [6, 6.07) is 5.31. The van der Waals surface area contributed by atoms with Crippen LogP contribution in [0.3, 0.4) is 0 Å². The van der Waals surface area contributed by atoms with Gasteiger partial charge in [0.05, 0.1) is 5.56 Å². The van der Waals surface area contributed by atoms with Crippen molar-refractivity contribution in [2.75, 3.05) is 11.9 Å². The molecule has 1 fully saturated rings. The van der Waals surface area contributed by atoms with Crippen LogP contribution in [-0.4, -0.2) is 17.5 Å². The molecule has 0 amide bonds. The lowest BCUT2D eigenvalue weighted by atomic mass is 9.81. The number of halogens is 2. The lowest BCUT2D eigenvalue weighted by Crippen LogP contribution is -2.39. The summed E-state index contributed by atoms with van der Waals surface area (Å²) in [7, 11) is 0. The molecule has 0 saturated heterocycles. The van der Waals surface area contributed by atoms with E-state index in [0.29, 0.717) is 17.9 Å². The first-order valence-corrected chi connectivity index (χ1v) is 5.07. The molecule has 1 aliphatic carbocycles. The molecular formula is C11H11F2N3. The van der Waals surface area contributed by atoms with Gasteiger partial charge in [-0.2, -0.15) is 5.26 Å². The quantitative estimate of drug-likeness (QED) is 0.856. The summed E-state index contributed by atoms with van der Waals surface area (Å²) in [5, 5.41) is 11.7. The number of alkyl halides is 2. The van der Waals surface area contributed by atoms with E-state index >= 15 is 0 Å². The number of aromatic nitrogens is 1. The summed E-state index contributed by atoms with van der Waals surface area (Å²) < 4.78 is 25.1. The minimum atomic E-state index is -2.49. The Kier molecular flexibility index (Phi) is 2.73. The highest BCUT2D eigenvalue weighted by molar-refractivity contribution is 5.51. The monoisotopic (exact) mass is 223 g/mol. The second kappa shape index (κ2) is 4.05. The third kappa shape index (κ3) is 2.27. The first-order valence-electron chi connectivity index (χ1n) is 5.07. The first-order chi connectivity index (χ1) is 7.61. The molecule has 0 unspecified atom stereocenters. The van der Waals surface area contributed by atoms with Crippen LogP contribution in [0.4, 0.5) is 14.6 Å². The standard InChI is InChI=1S/C11H11F2N3/c12-11(13)4-8(5-11)7-16-10-9(6-14)2-1-3-15-10/h1-3,8H,4-5,7H2,(H,15,16). The highest BCUT2D eigenvalue weighted by atomic mass is 19.3. The predicted octanol–water partition coefficient (Wildman–Crippen LogP) is 2.41. The van der Waals surface area contributed by atoms with Crippen LogP contribution in [0.15, 0.2) is 18.3 Å². The second-order valence-corrected chi connectivity index (χ2v) is 4.02. The van der Waals surface area contributed by atoms with Gasteiger partial charge in [0, 0.05) is 25.6 Å². The van der Waals surface area contributed by atoms with E-state index in [4.69, 9.17) is 5.26 Å². The number of nitrogens with one attached hydrogen (secondary N) is 1. The van der Waals surface area contributed by atoms with Gasteiger partial charge in [-0.25, -0.2) is 13.8 Å². The van der Waals surface area contributed by atoms with Gasteiger partial charge in [0.25, 0.3) is 0 Å². The van der Waals surface area contributed by atoms with E-state index in [1.807, 2.05) is 6.07 Å².